The van der Waals surface area contributed by atoms with Gasteiger partial charge < -0.3 is 14.2 Å². The second-order valence-corrected chi connectivity index (χ2v) is 9.08. The second-order valence-electron chi connectivity index (χ2n) is 9.08. The van der Waals surface area contributed by atoms with Crippen molar-refractivity contribution in [3.63, 3.8) is 0 Å². The fourth-order valence-electron chi connectivity index (χ4n) is 5.25. The van der Waals surface area contributed by atoms with Crippen LogP contribution in [0.25, 0.3) is 0 Å². The van der Waals surface area contributed by atoms with E-state index >= 15 is 0 Å². The van der Waals surface area contributed by atoms with E-state index in [1.54, 1.807) is 13.3 Å². The molecule has 2 atom stereocenters. The number of hydrogen-bond donors (Lipinski definition) is 0. The van der Waals surface area contributed by atoms with E-state index in [1.807, 2.05) is 41.4 Å². The first-order valence-electron chi connectivity index (χ1n) is 11.9. The maximum atomic E-state index is 13.2. The fraction of sp³-hybridized carbons (Fsp3) is 0.462. The van der Waals surface area contributed by atoms with Crippen LogP contribution in [0.5, 0.6) is 5.75 Å². The Balaban J connectivity index is 1.33. The van der Waals surface area contributed by atoms with Crippen LogP contribution in [0, 0.1) is 0 Å². The van der Waals surface area contributed by atoms with Crippen LogP contribution in [-0.2, 0) is 11.2 Å². The van der Waals surface area contributed by atoms with Crippen LogP contribution in [-0.4, -0.2) is 46.1 Å². The van der Waals surface area contributed by atoms with Gasteiger partial charge in [0.25, 0.3) is 0 Å². The average molecular weight is 447 g/mol. The number of rotatable bonds is 7. The average Bonchev–Trinajstić information content (AvgIpc) is 3.63. The molecule has 1 aromatic carbocycles. The molecular formula is C26H30N4O3. The Morgan fingerprint density at radius 1 is 1.12 bits per heavy atom. The van der Waals surface area contributed by atoms with Crippen molar-refractivity contribution in [2.45, 2.75) is 56.3 Å². The predicted molar refractivity (Wildman–Crippen MR) is 123 cm³/mol. The third kappa shape index (κ3) is 4.63. The minimum absolute atomic E-state index is 0.0212. The summed E-state index contributed by atoms with van der Waals surface area (Å²) >= 11 is 0. The van der Waals surface area contributed by atoms with Gasteiger partial charge >= 0.3 is 0 Å². The van der Waals surface area contributed by atoms with Gasteiger partial charge in [0.05, 0.1) is 13.0 Å². The van der Waals surface area contributed by atoms with E-state index in [4.69, 9.17) is 14.2 Å². The topological polar surface area (TPSA) is 81.4 Å². The van der Waals surface area contributed by atoms with E-state index in [9.17, 15) is 4.79 Å². The summed E-state index contributed by atoms with van der Waals surface area (Å²) in [5.41, 5.74) is 2.15. The molecule has 2 aromatic heterocycles. The maximum Gasteiger partial charge on any atom is 0.232 e. The first kappa shape index (κ1) is 21.6. The Labute approximate surface area is 194 Å². The summed E-state index contributed by atoms with van der Waals surface area (Å²) in [4.78, 5) is 24.2. The zero-order chi connectivity index (χ0) is 22.6. The predicted octanol–water partition coefficient (Wildman–Crippen LogP) is 4.47. The van der Waals surface area contributed by atoms with Crippen molar-refractivity contribution in [2.24, 2.45) is 0 Å². The van der Waals surface area contributed by atoms with E-state index < -0.39 is 0 Å². The molecule has 1 saturated carbocycles. The number of pyridine rings is 1. The van der Waals surface area contributed by atoms with E-state index in [0.29, 0.717) is 37.7 Å². The molecule has 0 spiro atoms. The molecule has 1 saturated heterocycles. The Kier molecular flexibility index (Phi) is 6.37. The van der Waals surface area contributed by atoms with Crippen molar-refractivity contribution in [2.75, 3.05) is 20.2 Å². The van der Waals surface area contributed by atoms with Crippen LogP contribution in [0.1, 0.15) is 72.7 Å². The molecule has 5 rings (SSSR count). The molecule has 7 heteroatoms. The van der Waals surface area contributed by atoms with Gasteiger partial charge in [0.1, 0.15) is 5.75 Å². The standard InChI is InChI=1S/C26H30N4O3/c1-32-23-11-5-4-7-18(23)12-13-24(31)30-16-21(20-10-6-14-27-15-20)22(17-30)26-28-25(29-33-26)19-8-2-3-9-19/h4-7,10-11,14-15,19,21-22H,2-3,8-9,12-13,16-17H2,1H3. The Bertz CT molecular complexity index is 1080. The highest BCUT2D eigenvalue weighted by Crippen LogP contribution is 2.40. The number of benzene rings is 1. The van der Waals surface area contributed by atoms with E-state index in [2.05, 4.69) is 16.2 Å². The molecule has 2 fully saturated rings. The third-order valence-corrected chi connectivity index (χ3v) is 7.08. The molecule has 0 radical (unpaired) electrons. The summed E-state index contributed by atoms with van der Waals surface area (Å²) in [5, 5.41) is 4.32. The highest BCUT2D eigenvalue weighted by atomic mass is 16.5. The molecule has 2 aliphatic rings. The quantitative estimate of drug-likeness (QED) is 0.533. The zero-order valence-corrected chi connectivity index (χ0v) is 19.0. The lowest BCUT2D eigenvalue weighted by molar-refractivity contribution is -0.130. The number of nitrogens with zero attached hydrogens (tertiary/aromatic N) is 4. The number of aryl methyl sites for hydroxylation is 1. The van der Waals surface area contributed by atoms with Crippen molar-refractivity contribution in [3.05, 3.63) is 71.6 Å². The SMILES string of the molecule is COc1ccccc1CCC(=O)N1CC(c2cccnc2)C(c2nc(C3CCCC3)no2)C1. The second kappa shape index (κ2) is 9.73. The van der Waals surface area contributed by atoms with Gasteiger partial charge in [0, 0.05) is 43.7 Å². The number of methoxy groups -OCH3 is 1. The molecular weight excluding hydrogens is 416 g/mol. The van der Waals surface area contributed by atoms with E-state index in [-0.39, 0.29) is 17.7 Å². The summed E-state index contributed by atoms with van der Waals surface area (Å²) in [6.07, 6.45) is 9.45. The van der Waals surface area contributed by atoms with Crippen molar-refractivity contribution in [1.82, 2.24) is 20.0 Å². The molecule has 1 aliphatic carbocycles. The van der Waals surface area contributed by atoms with Crippen LogP contribution in [0.2, 0.25) is 0 Å². The molecule has 0 N–H and O–H groups in total. The fourth-order valence-corrected chi connectivity index (χ4v) is 5.25. The molecule has 172 valence electrons. The number of carbonyl (C=O) groups excluding carboxylic acids is 1. The van der Waals surface area contributed by atoms with Gasteiger partial charge in [-0.2, -0.15) is 4.98 Å². The van der Waals surface area contributed by atoms with Gasteiger partial charge in [-0.1, -0.05) is 42.3 Å². The minimum Gasteiger partial charge on any atom is -0.496 e. The van der Waals surface area contributed by atoms with Crippen molar-refractivity contribution in [1.29, 1.82) is 0 Å². The van der Waals surface area contributed by atoms with Crippen molar-refractivity contribution < 1.29 is 14.1 Å². The summed E-state index contributed by atoms with van der Waals surface area (Å²) in [6.45, 7) is 1.21. The van der Waals surface area contributed by atoms with Crippen LogP contribution in [0.15, 0.2) is 53.3 Å². The maximum absolute atomic E-state index is 13.2. The first-order valence-corrected chi connectivity index (χ1v) is 11.9. The number of aromatic nitrogens is 3. The van der Waals surface area contributed by atoms with E-state index in [0.717, 1.165) is 35.5 Å². The van der Waals surface area contributed by atoms with Gasteiger partial charge in [0.15, 0.2) is 5.82 Å². The van der Waals surface area contributed by atoms with Gasteiger partial charge in [-0.15, -0.1) is 0 Å². The Hall–Kier alpha value is -3.22. The largest absolute Gasteiger partial charge is 0.496 e. The molecule has 1 aliphatic heterocycles. The molecule has 0 bridgehead atoms. The number of likely N-dealkylation sites (tertiary alicyclic amines) is 1. The Morgan fingerprint density at radius 2 is 1.94 bits per heavy atom. The van der Waals surface area contributed by atoms with Crippen molar-refractivity contribution >= 4 is 5.91 Å². The van der Waals surface area contributed by atoms with Crippen LogP contribution in [0.4, 0.5) is 0 Å². The van der Waals surface area contributed by atoms with Crippen LogP contribution < -0.4 is 4.74 Å². The first-order chi connectivity index (χ1) is 16.2. The highest BCUT2D eigenvalue weighted by Gasteiger charge is 2.40. The minimum atomic E-state index is -0.0212. The number of ether oxygens (including phenoxy) is 1. The highest BCUT2D eigenvalue weighted by molar-refractivity contribution is 5.77. The molecule has 33 heavy (non-hydrogen) atoms. The molecule has 3 heterocycles. The number of amides is 1. The summed E-state index contributed by atoms with van der Waals surface area (Å²) in [6, 6.07) is 11.9. The molecule has 2 unspecified atom stereocenters. The zero-order valence-electron chi connectivity index (χ0n) is 19.0. The molecule has 3 aromatic rings. The molecule has 1 amide bonds. The number of para-hydroxylation sites is 1. The van der Waals surface area contributed by atoms with Gasteiger partial charge in [-0.25, -0.2) is 0 Å². The smallest absolute Gasteiger partial charge is 0.232 e. The Morgan fingerprint density at radius 3 is 2.73 bits per heavy atom. The third-order valence-electron chi connectivity index (χ3n) is 7.08. The lowest BCUT2D eigenvalue weighted by Crippen LogP contribution is -2.29. The van der Waals surface area contributed by atoms with Gasteiger partial charge in [-0.3, -0.25) is 9.78 Å². The van der Waals surface area contributed by atoms with Crippen molar-refractivity contribution in [3.8, 4) is 5.75 Å². The molecule has 7 nitrogen and oxygen atoms in total. The monoisotopic (exact) mass is 446 g/mol. The number of carbonyl (C=O) groups is 1. The summed E-state index contributed by atoms with van der Waals surface area (Å²) in [5.74, 6) is 2.90. The number of hydrogen-bond acceptors (Lipinski definition) is 6. The summed E-state index contributed by atoms with van der Waals surface area (Å²) in [7, 11) is 1.66. The van der Waals surface area contributed by atoms with Crippen LogP contribution >= 0.6 is 0 Å². The van der Waals surface area contributed by atoms with Crippen LogP contribution in [0.3, 0.4) is 0 Å². The van der Waals surface area contributed by atoms with E-state index in [1.165, 1.54) is 12.8 Å². The normalized spacial score (nSPS) is 20.9. The lowest BCUT2D eigenvalue weighted by atomic mass is 9.90. The lowest BCUT2D eigenvalue weighted by Gasteiger charge is -2.17. The van der Waals surface area contributed by atoms with Gasteiger partial charge in [-0.05, 0) is 42.5 Å². The van der Waals surface area contributed by atoms with Gasteiger partial charge in [0.2, 0.25) is 11.8 Å². The summed E-state index contributed by atoms with van der Waals surface area (Å²) < 4.78 is 11.2.